The summed E-state index contributed by atoms with van der Waals surface area (Å²) in [6.45, 7) is 17.6. The average Bonchev–Trinajstić information content (AvgIpc) is 3.40. The first kappa shape index (κ1) is 34.2. The molecule has 0 radical (unpaired) electrons. The second-order valence-electron chi connectivity index (χ2n) is 10.6. The lowest BCUT2D eigenvalue weighted by atomic mass is 10.00. The average molecular weight is 585 g/mol. The van der Waals surface area contributed by atoms with Crippen molar-refractivity contribution in [2.45, 2.75) is 80.5 Å². The lowest BCUT2D eigenvalue weighted by Crippen LogP contribution is -2.17. The number of aromatic nitrogens is 4. The van der Waals surface area contributed by atoms with Gasteiger partial charge in [0.25, 0.3) is 11.1 Å². The van der Waals surface area contributed by atoms with E-state index >= 15 is 0 Å². The summed E-state index contributed by atoms with van der Waals surface area (Å²) in [4.78, 5) is 33.2. The Kier molecular flexibility index (Phi) is 12.4. The van der Waals surface area contributed by atoms with Crippen LogP contribution in [0, 0.1) is 39.3 Å². The zero-order chi connectivity index (χ0) is 31.7. The molecule has 8 nitrogen and oxygen atoms in total. The molecule has 0 saturated carbocycles. The number of rotatable bonds is 7. The highest BCUT2D eigenvalue weighted by atomic mass is 19.1. The molecule has 42 heavy (non-hydrogen) atoms. The summed E-state index contributed by atoms with van der Waals surface area (Å²) in [6, 6.07) is 11.5. The van der Waals surface area contributed by atoms with E-state index in [2.05, 4.69) is 10.2 Å². The summed E-state index contributed by atoms with van der Waals surface area (Å²) >= 11 is 0. The van der Waals surface area contributed by atoms with Crippen molar-refractivity contribution in [3.05, 3.63) is 114 Å². The lowest BCUT2D eigenvalue weighted by Gasteiger charge is -2.18. The Hall–Kier alpha value is -4.05. The quantitative estimate of drug-likeness (QED) is 0.238. The Bertz CT molecular complexity index is 1590. The Labute approximate surface area is 245 Å². The number of H-pyrrole nitrogens is 2. The number of aldehydes is 1. The van der Waals surface area contributed by atoms with Gasteiger partial charge in [0.1, 0.15) is 17.7 Å². The fourth-order valence-corrected chi connectivity index (χ4v) is 4.48. The monoisotopic (exact) mass is 584 g/mol. The van der Waals surface area contributed by atoms with Crippen LogP contribution >= 0.6 is 0 Å². The fourth-order valence-electron chi connectivity index (χ4n) is 4.48. The van der Waals surface area contributed by atoms with Crippen molar-refractivity contribution >= 4 is 6.29 Å². The van der Waals surface area contributed by atoms with Crippen molar-refractivity contribution in [2.75, 3.05) is 6.61 Å². The summed E-state index contributed by atoms with van der Waals surface area (Å²) < 4.78 is 36.3. The van der Waals surface area contributed by atoms with Gasteiger partial charge in [0.05, 0.1) is 11.1 Å². The van der Waals surface area contributed by atoms with Crippen LogP contribution in [-0.4, -0.2) is 32.5 Å². The molecule has 0 saturated heterocycles. The Morgan fingerprint density at radius 3 is 1.81 bits per heavy atom. The maximum absolute atomic E-state index is 14.3. The number of halogens is 2. The van der Waals surface area contributed by atoms with Gasteiger partial charge in [0.15, 0.2) is 6.29 Å². The second kappa shape index (κ2) is 15.3. The molecule has 2 aromatic carbocycles. The molecule has 2 N–H and O–H groups in total. The van der Waals surface area contributed by atoms with Gasteiger partial charge in [-0.05, 0) is 91.6 Å². The van der Waals surface area contributed by atoms with Crippen LogP contribution in [0.25, 0.3) is 0 Å². The minimum Gasteiger partial charge on any atom is -0.369 e. The smallest absolute Gasteiger partial charge is 0.270 e. The number of benzene rings is 2. The fraction of sp³-hybridized carbons (Fsp3) is 0.406. The molecule has 4 rings (SSSR count). The van der Waals surface area contributed by atoms with E-state index in [4.69, 9.17) is 4.74 Å². The Morgan fingerprint density at radius 2 is 1.40 bits per heavy atom. The molecule has 10 heteroatoms. The van der Waals surface area contributed by atoms with Crippen LogP contribution in [0.15, 0.2) is 52.1 Å². The third-order valence-corrected chi connectivity index (χ3v) is 6.52. The van der Waals surface area contributed by atoms with Gasteiger partial charge >= 0.3 is 0 Å². The number of ether oxygens (including phenoxy) is 1. The molecule has 0 aliphatic carbocycles. The van der Waals surface area contributed by atoms with E-state index in [0.29, 0.717) is 30.1 Å². The molecule has 0 spiro atoms. The third kappa shape index (κ3) is 8.72. The molecular formula is C32H42F2N4O4. The predicted molar refractivity (Wildman–Crippen MR) is 161 cm³/mol. The SMILES string of the molecule is CCOC(c1ccc(C)cc1F)c1c(C)n(C(C)C)[nH]c1=O.Cc1cc(=O)[nH]n1C(C)C.Cc1ccc(C=O)c(F)c1. The van der Waals surface area contributed by atoms with Crippen LogP contribution in [0.4, 0.5) is 8.78 Å². The number of aromatic amines is 2. The molecule has 2 aromatic heterocycles. The number of carbonyl (C=O) groups excluding carboxylic acids is 1. The van der Waals surface area contributed by atoms with Crippen LogP contribution in [0.1, 0.15) is 96.8 Å². The van der Waals surface area contributed by atoms with Gasteiger partial charge in [0, 0.05) is 41.7 Å². The van der Waals surface area contributed by atoms with Crippen LogP contribution < -0.4 is 11.1 Å². The van der Waals surface area contributed by atoms with Crippen molar-refractivity contribution < 1.29 is 18.3 Å². The zero-order valence-corrected chi connectivity index (χ0v) is 25.8. The number of aryl methyl sites for hydroxylation is 3. The molecule has 1 atom stereocenters. The van der Waals surface area contributed by atoms with E-state index in [0.717, 1.165) is 22.5 Å². The lowest BCUT2D eigenvalue weighted by molar-refractivity contribution is 0.0875. The van der Waals surface area contributed by atoms with Gasteiger partial charge in [-0.3, -0.25) is 33.9 Å². The highest BCUT2D eigenvalue weighted by Gasteiger charge is 2.26. The molecule has 228 valence electrons. The minimum absolute atomic E-state index is 0.0220. The van der Waals surface area contributed by atoms with E-state index in [1.165, 1.54) is 18.2 Å². The van der Waals surface area contributed by atoms with E-state index < -0.39 is 11.9 Å². The van der Waals surface area contributed by atoms with Gasteiger partial charge in [-0.2, -0.15) is 0 Å². The van der Waals surface area contributed by atoms with Crippen LogP contribution in [0.2, 0.25) is 0 Å². The van der Waals surface area contributed by atoms with Crippen molar-refractivity contribution in [1.82, 2.24) is 19.6 Å². The third-order valence-electron chi connectivity index (χ3n) is 6.52. The van der Waals surface area contributed by atoms with Gasteiger partial charge < -0.3 is 4.74 Å². The molecule has 0 amide bonds. The summed E-state index contributed by atoms with van der Waals surface area (Å²) in [5, 5.41) is 5.52. The van der Waals surface area contributed by atoms with Gasteiger partial charge in [-0.1, -0.05) is 18.2 Å². The van der Waals surface area contributed by atoms with Crippen molar-refractivity contribution in [3.63, 3.8) is 0 Å². The van der Waals surface area contributed by atoms with Crippen molar-refractivity contribution in [2.24, 2.45) is 0 Å². The first-order chi connectivity index (χ1) is 19.7. The highest BCUT2D eigenvalue weighted by Crippen LogP contribution is 2.29. The number of carbonyl (C=O) groups is 1. The summed E-state index contributed by atoms with van der Waals surface area (Å²) in [5.74, 6) is -0.801. The van der Waals surface area contributed by atoms with Crippen molar-refractivity contribution in [3.8, 4) is 0 Å². The van der Waals surface area contributed by atoms with Crippen LogP contribution in [-0.2, 0) is 4.74 Å². The molecule has 0 fully saturated rings. The summed E-state index contributed by atoms with van der Waals surface area (Å²) in [5.41, 5.74) is 4.14. The standard InChI is InChI=1S/C17H23FN2O2.C8H7FO.C7H12N2O/c1-6-22-16(13-8-7-11(4)9-14(13)18)15-12(5)20(10(2)3)19-17(15)21;1-6-2-3-7(5-10)8(9)4-6;1-5(2)9-6(3)4-7(10)8-9/h7-10,16H,6H2,1-5H3,(H,19,21);2-5H,1H3;4-5H,1-3H3,(H,8,10). The van der Waals surface area contributed by atoms with E-state index in [1.807, 2.05) is 66.1 Å². The molecular weight excluding hydrogens is 542 g/mol. The topological polar surface area (TPSA) is 102 Å². The first-order valence-corrected chi connectivity index (χ1v) is 13.9. The van der Waals surface area contributed by atoms with Crippen LogP contribution in [0.5, 0.6) is 0 Å². The Morgan fingerprint density at radius 1 is 0.833 bits per heavy atom. The van der Waals surface area contributed by atoms with E-state index in [1.54, 1.807) is 29.8 Å². The summed E-state index contributed by atoms with van der Waals surface area (Å²) in [7, 11) is 0. The molecule has 0 bridgehead atoms. The molecule has 0 aliphatic heterocycles. The molecule has 4 aromatic rings. The predicted octanol–water partition coefficient (Wildman–Crippen LogP) is 6.65. The molecule has 0 aliphatic rings. The Balaban J connectivity index is 0.000000254. The van der Waals surface area contributed by atoms with E-state index in [9.17, 15) is 23.2 Å². The van der Waals surface area contributed by atoms with Gasteiger partial charge in [-0.15, -0.1) is 0 Å². The molecule has 2 heterocycles. The zero-order valence-electron chi connectivity index (χ0n) is 25.8. The number of nitrogens with one attached hydrogen (secondary N) is 2. The summed E-state index contributed by atoms with van der Waals surface area (Å²) in [6.07, 6.45) is -0.191. The second-order valence-corrected chi connectivity index (χ2v) is 10.6. The number of nitrogens with zero attached hydrogens (tertiary/aromatic N) is 2. The normalized spacial score (nSPS) is 11.5. The van der Waals surface area contributed by atoms with Crippen LogP contribution in [0.3, 0.4) is 0 Å². The maximum Gasteiger partial charge on any atom is 0.270 e. The van der Waals surface area contributed by atoms with Gasteiger partial charge in [0.2, 0.25) is 0 Å². The van der Waals surface area contributed by atoms with Gasteiger partial charge in [-0.25, -0.2) is 8.78 Å². The first-order valence-electron chi connectivity index (χ1n) is 13.9. The largest absolute Gasteiger partial charge is 0.369 e. The molecule has 1 unspecified atom stereocenters. The number of hydrogen-bond donors (Lipinski definition) is 2. The number of hydrogen-bond acceptors (Lipinski definition) is 4. The van der Waals surface area contributed by atoms with E-state index in [-0.39, 0.29) is 28.5 Å². The maximum atomic E-state index is 14.3. The van der Waals surface area contributed by atoms with Crippen molar-refractivity contribution in [1.29, 1.82) is 0 Å². The highest BCUT2D eigenvalue weighted by molar-refractivity contribution is 5.75. The minimum atomic E-state index is -0.700.